The van der Waals surface area contributed by atoms with Crippen molar-refractivity contribution in [2.24, 2.45) is 7.05 Å². The third kappa shape index (κ3) is 3.30. The van der Waals surface area contributed by atoms with E-state index in [1.54, 1.807) is 7.05 Å². The normalized spacial score (nSPS) is 14.8. The van der Waals surface area contributed by atoms with E-state index in [1.807, 2.05) is 0 Å². The van der Waals surface area contributed by atoms with Crippen LogP contribution in [0.25, 0.3) is 0 Å². The second kappa shape index (κ2) is 6.83. The maximum Gasteiger partial charge on any atom is 0.286 e. The Kier molecular flexibility index (Phi) is 4.73. The SMILES string of the molecule is C[C@@H](c1nc[n+](C)cc1F)[C@](O)(Cn1cncn1)c1ccc(F)cc1F. The van der Waals surface area contributed by atoms with Crippen molar-refractivity contribution in [3.63, 3.8) is 0 Å². The van der Waals surface area contributed by atoms with Crippen LogP contribution in [0.5, 0.6) is 0 Å². The lowest BCUT2D eigenvalue weighted by atomic mass is 9.79. The molecule has 3 aromatic rings. The van der Waals surface area contributed by atoms with Crippen molar-refractivity contribution in [1.82, 2.24) is 19.7 Å². The third-order valence-electron chi connectivity index (χ3n) is 4.33. The second-order valence-electron chi connectivity index (χ2n) is 6.14. The summed E-state index contributed by atoms with van der Waals surface area (Å²) in [5, 5.41) is 15.3. The predicted molar refractivity (Wildman–Crippen MR) is 84.1 cm³/mol. The van der Waals surface area contributed by atoms with Crippen LogP contribution in [0.4, 0.5) is 13.2 Å². The molecular weight excluding hydrogens is 347 g/mol. The van der Waals surface area contributed by atoms with Crippen molar-refractivity contribution >= 4 is 0 Å². The van der Waals surface area contributed by atoms with Crippen molar-refractivity contribution in [1.29, 1.82) is 0 Å². The Bertz CT molecular complexity index is 919. The van der Waals surface area contributed by atoms with Crippen molar-refractivity contribution < 1.29 is 22.8 Å². The number of rotatable bonds is 5. The maximum absolute atomic E-state index is 14.5. The Morgan fingerprint density at radius 1 is 1.27 bits per heavy atom. The van der Waals surface area contributed by atoms with Crippen LogP contribution in [-0.4, -0.2) is 24.9 Å². The number of nitrogens with zero attached hydrogens (tertiary/aromatic N) is 5. The fraction of sp³-hybridized carbons (Fsp3) is 0.294. The summed E-state index contributed by atoms with van der Waals surface area (Å²) in [5.74, 6) is -3.34. The molecule has 0 aliphatic heterocycles. The third-order valence-corrected chi connectivity index (χ3v) is 4.33. The molecule has 0 fully saturated rings. The first kappa shape index (κ1) is 18.0. The highest BCUT2D eigenvalue weighted by Gasteiger charge is 2.43. The molecule has 0 amide bonds. The van der Waals surface area contributed by atoms with E-state index in [9.17, 15) is 18.3 Å². The van der Waals surface area contributed by atoms with Gasteiger partial charge in [-0.05, 0) is 6.07 Å². The van der Waals surface area contributed by atoms with E-state index in [4.69, 9.17) is 0 Å². The summed E-state index contributed by atoms with van der Waals surface area (Å²) in [6.07, 6.45) is 5.18. The Balaban J connectivity index is 2.13. The molecule has 2 atom stereocenters. The molecule has 0 saturated carbocycles. The zero-order chi connectivity index (χ0) is 18.9. The Hall–Kier alpha value is -2.81. The van der Waals surface area contributed by atoms with Gasteiger partial charge in [-0.15, -0.1) is 0 Å². The van der Waals surface area contributed by atoms with Crippen LogP contribution in [0, 0.1) is 17.5 Å². The van der Waals surface area contributed by atoms with Gasteiger partial charge >= 0.3 is 0 Å². The minimum Gasteiger partial charge on any atom is -0.382 e. The molecule has 26 heavy (non-hydrogen) atoms. The van der Waals surface area contributed by atoms with E-state index in [0.717, 1.165) is 12.1 Å². The summed E-state index contributed by atoms with van der Waals surface area (Å²) in [4.78, 5) is 7.82. The summed E-state index contributed by atoms with van der Waals surface area (Å²) in [5.41, 5.74) is -2.18. The molecule has 2 heterocycles. The molecule has 2 aromatic heterocycles. The van der Waals surface area contributed by atoms with E-state index in [1.165, 1.54) is 41.4 Å². The van der Waals surface area contributed by atoms with Gasteiger partial charge in [-0.3, -0.25) is 0 Å². The van der Waals surface area contributed by atoms with Crippen LogP contribution in [0.15, 0.2) is 43.4 Å². The molecule has 9 heteroatoms. The monoisotopic (exact) mass is 364 g/mol. The van der Waals surface area contributed by atoms with Gasteiger partial charge in [0.25, 0.3) is 6.33 Å². The highest BCUT2D eigenvalue weighted by molar-refractivity contribution is 5.29. The molecule has 0 bridgehead atoms. The zero-order valence-electron chi connectivity index (χ0n) is 14.1. The van der Waals surface area contributed by atoms with Gasteiger partial charge in [0.15, 0.2) is 5.69 Å². The molecule has 6 nitrogen and oxygen atoms in total. The lowest BCUT2D eigenvalue weighted by molar-refractivity contribution is -0.676. The van der Waals surface area contributed by atoms with Crippen molar-refractivity contribution in [3.05, 3.63) is 72.1 Å². The molecule has 0 aliphatic carbocycles. The molecule has 1 aromatic carbocycles. The first-order valence-electron chi connectivity index (χ1n) is 7.82. The predicted octanol–water partition coefficient (Wildman–Crippen LogP) is 1.61. The molecule has 1 N–H and O–H groups in total. The largest absolute Gasteiger partial charge is 0.382 e. The summed E-state index contributed by atoms with van der Waals surface area (Å²) < 4.78 is 44.9. The number of benzene rings is 1. The number of aryl methyl sites for hydroxylation is 1. The van der Waals surface area contributed by atoms with Gasteiger partial charge in [-0.1, -0.05) is 18.0 Å². The number of halogens is 3. The first-order valence-corrected chi connectivity index (χ1v) is 7.82. The molecule has 0 aliphatic rings. The van der Waals surface area contributed by atoms with Crippen LogP contribution < -0.4 is 4.57 Å². The average molecular weight is 364 g/mol. The van der Waals surface area contributed by atoms with E-state index < -0.39 is 29.0 Å². The second-order valence-corrected chi connectivity index (χ2v) is 6.14. The fourth-order valence-electron chi connectivity index (χ4n) is 2.90. The number of aliphatic hydroxyl groups is 1. The van der Waals surface area contributed by atoms with E-state index in [0.29, 0.717) is 6.07 Å². The fourth-order valence-corrected chi connectivity index (χ4v) is 2.90. The maximum atomic E-state index is 14.5. The van der Waals surface area contributed by atoms with Gasteiger partial charge in [-0.2, -0.15) is 9.49 Å². The van der Waals surface area contributed by atoms with Gasteiger partial charge in [0, 0.05) is 11.6 Å². The lowest BCUT2D eigenvalue weighted by Gasteiger charge is -2.33. The minimum absolute atomic E-state index is 0.0468. The van der Waals surface area contributed by atoms with Crippen LogP contribution in [0.2, 0.25) is 0 Å². The van der Waals surface area contributed by atoms with Crippen LogP contribution in [0.3, 0.4) is 0 Å². The number of hydrogen-bond acceptors (Lipinski definition) is 4. The van der Waals surface area contributed by atoms with E-state index in [-0.39, 0.29) is 17.8 Å². The van der Waals surface area contributed by atoms with Gasteiger partial charge in [0.05, 0.1) is 19.5 Å². The Labute approximate surface area is 147 Å². The first-order chi connectivity index (χ1) is 12.3. The standard InChI is InChI=1S/C17H17F3N5O/c1-11(16-15(20)6-24(2)10-22-16)17(26,7-25-9-21-8-23-25)13-4-3-12(18)5-14(13)19/h3-6,8-11,26H,7H2,1-2H3/q+1/t11-,17+/m0/s1. The molecule has 3 rings (SSSR count). The molecule has 0 spiro atoms. The Morgan fingerprint density at radius 2 is 2.04 bits per heavy atom. The molecule has 136 valence electrons. The quantitative estimate of drug-likeness (QED) is 0.699. The number of hydrogen-bond donors (Lipinski definition) is 1. The Morgan fingerprint density at radius 3 is 2.65 bits per heavy atom. The van der Waals surface area contributed by atoms with Crippen LogP contribution in [0.1, 0.15) is 24.1 Å². The molecular formula is C17H17F3N5O+. The highest BCUT2D eigenvalue weighted by Crippen LogP contribution is 2.39. The smallest absolute Gasteiger partial charge is 0.286 e. The topological polar surface area (TPSA) is 67.7 Å². The zero-order valence-corrected chi connectivity index (χ0v) is 14.1. The van der Waals surface area contributed by atoms with Crippen molar-refractivity contribution in [2.45, 2.75) is 25.0 Å². The van der Waals surface area contributed by atoms with Gasteiger partial charge in [-0.25, -0.2) is 23.0 Å². The molecule has 0 unspecified atom stereocenters. The van der Waals surface area contributed by atoms with E-state index in [2.05, 4.69) is 15.1 Å². The summed E-state index contributed by atoms with van der Waals surface area (Å²) in [6, 6.07) is 2.84. The van der Waals surface area contributed by atoms with Gasteiger partial charge in [0.1, 0.15) is 36.1 Å². The summed E-state index contributed by atoms with van der Waals surface area (Å²) in [7, 11) is 1.60. The van der Waals surface area contributed by atoms with Crippen LogP contribution >= 0.6 is 0 Å². The van der Waals surface area contributed by atoms with E-state index >= 15 is 0 Å². The molecule has 0 saturated heterocycles. The summed E-state index contributed by atoms with van der Waals surface area (Å²) in [6.45, 7) is 1.30. The van der Waals surface area contributed by atoms with Crippen LogP contribution in [-0.2, 0) is 19.2 Å². The molecule has 0 radical (unpaired) electrons. The number of aromatic nitrogens is 5. The lowest BCUT2D eigenvalue weighted by Crippen LogP contribution is -2.40. The average Bonchev–Trinajstić information content (AvgIpc) is 3.06. The van der Waals surface area contributed by atoms with Gasteiger partial charge in [0.2, 0.25) is 5.82 Å². The van der Waals surface area contributed by atoms with Gasteiger partial charge < -0.3 is 5.11 Å². The van der Waals surface area contributed by atoms with Crippen molar-refractivity contribution in [2.75, 3.05) is 0 Å². The minimum atomic E-state index is -1.95. The summed E-state index contributed by atoms with van der Waals surface area (Å²) >= 11 is 0. The van der Waals surface area contributed by atoms with Crippen molar-refractivity contribution in [3.8, 4) is 0 Å². The highest BCUT2D eigenvalue weighted by atomic mass is 19.1.